The molecule has 24 heavy (non-hydrogen) atoms. The summed E-state index contributed by atoms with van der Waals surface area (Å²) in [6.07, 6.45) is 2.44. The normalized spacial score (nSPS) is 21.6. The molecule has 0 bridgehead atoms. The second-order valence-corrected chi connectivity index (χ2v) is 9.70. The van der Waals surface area contributed by atoms with Gasteiger partial charge in [0.15, 0.2) is 5.96 Å². The van der Waals surface area contributed by atoms with Crippen LogP contribution in [0, 0.1) is 0 Å². The van der Waals surface area contributed by atoms with Gasteiger partial charge >= 0.3 is 0 Å². The molecular weight excluding hydrogens is 459 g/mol. The van der Waals surface area contributed by atoms with Crippen molar-refractivity contribution in [1.82, 2.24) is 14.9 Å². The standard InChI is InChI=1S/C15H32N4O2S2.HI/c1-5-16-14(18-13-15(4)9-8-11-22-15)17-10-12-23(20,21)19(6-2)7-3;/h5-13H2,1-4H3,(H2,16,17,18);1H. The molecule has 2 N–H and O–H groups in total. The monoisotopic (exact) mass is 492 g/mol. The molecular formula is C15H33IN4O2S2. The van der Waals surface area contributed by atoms with Crippen molar-refractivity contribution in [3.05, 3.63) is 0 Å². The zero-order chi connectivity index (χ0) is 17.3. The van der Waals surface area contributed by atoms with Crippen molar-refractivity contribution >= 4 is 51.7 Å². The zero-order valence-electron chi connectivity index (χ0n) is 15.3. The molecule has 1 heterocycles. The van der Waals surface area contributed by atoms with Gasteiger partial charge in [0.25, 0.3) is 0 Å². The number of guanidine groups is 1. The molecule has 0 aliphatic carbocycles. The summed E-state index contributed by atoms with van der Waals surface area (Å²) in [5, 5.41) is 6.33. The third-order valence-electron chi connectivity index (χ3n) is 3.97. The average Bonchev–Trinajstić information content (AvgIpc) is 2.93. The first kappa shape index (κ1) is 24.3. The fraction of sp³-hybridized carbons (Fsp3) is 0.933. The number of nitrogens with one attached hydrogen (secondary N) is 2. The van der Waals surface area contributed by atoms with Crippen LogP contribution in [-0.4, -0.2) is 67.7 Å². The third kappa shape index (κ3) is 8.09. The topological polar surface area (TPSA) is 73.8 Å². The highest BCUT2D eigenvalue weighted by atomic mass is 127. The number of nitrogens with zero attached hydrogens (tertiary/aromatic N) is 2. The molecule has 1 atom stereocenters. The summed E-state index contributed by atoms with van der Waals surface area (Å²) >= 11 is 1.98. The summed E-state index contributed by atoms with van der Waals surface area (Å²) < 4.78 is 26.1. The van der Waals surface area contributed by atoms with E-state index in [1.807, 2.05) is 32.5 Å². The lowest BCUT2D eigenvalue weighted by molar-refractivity contribution is 0.445. The maximum absolute atomic E-state index is 12.2. The van der Waals surface area contributed by atoms with Crippen LogP contribution in [0.1, 0.15) is 40.5 Å². The van der Waals surface area contributed by atoms with Crippen LogP contribution in [-0.2, 0) is 10.0 Å². The average molecular weight is 492 g/mol. The Kier molecular flexibility index (Phi) is 11.9. The predicted molar refractivity (Wildman–Crippen MR) is 116 cm³/mol. The minimum atomic E-state index is -3.19. The molecule has 0 aromatic heterocycles. The van der Waals surface area contributed by atoms with Crippen LogP contribution < -0.4 is 10.6 Å². The Morgan fingerprint density at radius 2 is 1.92 bits per heavy atom. The Labute approximate surface area is 169 Å². The number of aliphatic imine (C=N–C) groups is 1. The maximum atomic E-state index is 12.2. The van der Waals surface area contributed by atoms with E-state index in [9.17, 15) is 8.42 Å². The molecule has 0 amide bonds. The largest absolute Gasteiger partial charge is 0.357 e. The highest BCUT2D eigenvalue weighted by Gasteiger charge is 2.29. The van der Waals surface area contributed by atoms with Gasteiger partial charge in [-0.15, -0.1) is 24.0 Å². The van der Waals surface area contributed by atoms with Crippen molar-refractivity contribution in [2.45, 2.75) is 45.3 Å². The van der Waals surface area contributed by atoms with Gasteiger partial charge in [0.2, 0.25) is 10.0 Å². The van der Waals surface area contributed by atoms with Crippen molar-refractivity contribution in [1.29, 1.82) is 0 Å². The summed E-state index contributed by atoms with van der Waals surface area (Å²) in [7, 11) is -3.19. The number of rotatable bonds is 9. The van der Waals surface area contributed by atoms with Gasteiger partial charge in [0, 0.05) is 30.9 Å². The van der Waals surface area contributed by atoms with E-state index in [1.165, 1.54) is 22.9 Å². The molecule has 1 unspecified atom stereocenters. The summed E-state index contributed by atoms with van der Waals surface area (Å²) in [5.74, 6) is 2.00. The van der Waals surface area contributed by atoms with E-state index in [2.05, 4.69) is 22.5 Å². The molecule has 0 aromatic carbocycles. The molecule has 1 saturated heterocycles. The summed E-state index contributed by atoms with van der Waals surface area (Å²) in [6.45, 7) is 10.9. The van der Waals surface area contributed by atoms with E-state index in [0.29, 0.717) is 25.6 Å². The first-order valence-corrected chi connectivity index (χ1v) is 11.1. The lowest BCUT2D eigenvalue weighted by Crippen LogP contribution is -2.42. The number of thioether (sulfide) groups is 1. The van der Waals surface area contributed by atoms with Crippen molar-refractivity contribution in [2.24, 2.45) is 4.99 Å². The summed E-state index contributed by atoms with van der Waals surface area (Å²) in [4.78, 5) is 4.64. The third-order valence-corrected chi connectivity index (χ3v) is 7.51. The van der Waals surface area contributed by atoms with Gasteiger partial charge in [-0.25, -0.2) is 12.7 Å². The van der Waals surface area contributed by atoms with Gasteiger partial charge in [-0.3, -0.25) is 4.99 Å². The first-order valence-electron chi connectivity index (χ1n) is 8.51. The number of hydrogen-bond acceptors (Lipinski definition) is 4. The molecule has 1 rings (SSSR count). The lowest BCUT2D eigenvalue weighted by atomic mass is 10.1. The van der Waals surface area contributed by atoms with E-state index < -0.39 is 10.0 Å². The molecule has 1 fully saturated rings. The SMILES string of the molecule is CCNC(=NCC1(C)CCCS1)NCCS(=O)(=O)N(CC)CC.I. The van der Waals surface area contributed by atoms with Crippen LogP contribution in [0.5, 0.6) is 0 Å². The van der Waals surface area contributed by atoms with Crippen molar-refractivity contribution in [3.63, 3.8) is 0 Å². The summed E-state index contributed by atoms with van der Waals surface area (Å²) in [6, 6.07) is 0. The smallest absolute Gasteiger partial charge is 0.215 e. The molecule has 0 spiro atoms. The van der Waals surface area contributed by atoms with Crippen LogP contribution in [0.2, 0.25) is 0 Å². The Morgan fingerprint density at radius 1 is 1.25 bits per heavy atom. The van der Waals surface area contributed by atoms with Crippen molar-refractivity contribution in [2.75, 3.05) is 44.2 Å². The number of hydrogen-bond donors (Lipinski definition) is 2. The number of sulfonamides is 1. The van der Waals surface area contributed by atoms with E-state index in [4.69, 9.17) is 0 Å². The highest BCUT2D eigenvalue weighted by Crippen LogP contribution is 2.37. The van der Waals surface area contributed by atoms with Gasteiger partial charge in [0.05, 0.1) is 12.3 Å². The first-order chi connectivity index (χ1) is 10.9. The van der Waals surface area contributed by atoms with Crippen LogP contribution in [0.25, 0.3) is 0 Å². The quantitative estimate of drug-likeness (QED) is 0.293. The van der Waals surface area contributed by atoms with E-state index in [-0.39, 0.29) is 34.5 Å². The van der Waals surface area contributed by atoms with Crippen LogP contribution in [0.4, 0.5) is 0 Å². The van der Waals surface area contributed by atoms with E-state index >= 15 is 0 Å². The minimum Gasteiger partial charge on any atom is -0.357 e. The molecule has 0 aromatic rings. The molecule has 144 valence electrons. The van der Waals surface area contributed by atoms with Crippen LogP contribution in [0.3, 0.4) is 0 Å². The fourth-order valence-electron chi connectivity index (χ4n) is 2.59. The van der Waals surface area contributed by atoms with Gasteiger partial charge < -0.3 is 10.6 Å². The zero-order valence-corrected chi connectivity index (χ0v) is 19.3. The highest BCUT2D eigenvalue weighted by molar-refractivity contribution is 14.0. The Hall–Kier alpha value is 0.260. The van der Waals surface area contributed by atoms with Gasteiger partial charge in [-0.05, 0) is 32.4 Å². The Balaban J connectivity index is 0.00000529. The molecule has 1 aliphatic heterocycles. The maximum Gasteiger partial charge on any atom is 0.215 e. The minimum absolute atomic E-state index is 0. The molecule has 6 nitrogen and oxygen atoms in total. The van der Waals surface area contributed by atoms with Crippen LogP contribution >= 0.6 is 35.7 Å². The molecule has 9 heteroatoms. The second kappa shape index (κ2) is 11.8. The molecule has 0 radical (unpaired) electrons. The molecule has 1 aliphatic rings. The van der Waals surface area contributed by atoms with Crippen molar-refractivity contribution in [3.8, 4) is 0 Å². The molecule has 0 saturated carbocycles. The summed E-state index contributed by atoms with van der Waals surface area (Å²) in [5.41, 5.74) is 0. The van der Waals surface area contributed by atoms with E-state index in [0.717, 1.165) is 13.1 Å². The van der Waals surface area contributed by atoms with Crippen LogP contribution in [0.15, 0.2) is 4.99 Å². The van der Waals surface area contributed by atoms with Gasteiger partial charge in [0.1, 0.15) is 0 Å². The second-order valence-electron chi connectivity index (χ2n) is 5.92. The van der Waals surface area contributed by atoms with E-state index in [1.54, 1.807) is 0 Å². The fourth-order valence-corrected chi connectivity index (χ4v) is 5.23. The van der Waals surface area contributed by atoms with Gasteiger partial charge in [-0.1, -0.05) is 13.8 Å². The number of halogens is 1. The Morgan fingerprint density at radius 3 is 2.42 bits per heavy atom. The van der Waals surface area contributed by atoms with Gasteiger partial charge in [-0.2, -0.15) is 11.8 Å². The predicted octanol–water partition coefficient (Wildman–Crippen LogP) is 2.12. The Bertz CT molecular complexity index is 476. The lowest BCUT2D eigenvalue weighted by Gasteiger charge is -2.21. The van der Waals surface area contributed by atoms with Crippen molar-refractivity contribution < 1.29 is 8.42 Å².